The van der Waals surface area contributed by atoms with Gasteiger partial charge < -0.3 is 16.0 Å². The Hall–Kier alpha value is -1.62. The van der Waals surface area contributed by atoms with Crippen molar-refractivity contribution in [1.82, 2.24) is 15.2 Å². The lowest BCUT2D eigenvalue weighted by molar-refractivity contribution is 0.0938. The summed E-state index contributed by atoms with van der Waals surface area (Å²) in [5.74, 6) is 0.330. The Kier molecular flexibility index (Phi) is 3.99. The maximum Gasteiger partial charge on any atom is 0.251 e. The molecule has 2 heterocycles. The molecular formula is C15H24N4O. The van der Waals surface area contributed by atoms with E-state index < -0.39 is 0 Å². The van der Waals surface area contributed by atoms with Gasteiger partial charge in [0.1, 0.15) is 5.82 Å². The number of aromatic nitrogens is 1. The number of anilines is 1. The van der Waals surface area contributed by atoms with Crippen LogP contribution in [0.15, 0.2) is 12.1 Å². The van der Waals surface area contributed by atoms with E-state index in [-0.39, 0.29) is 17.4 Å². The number of amides is 1. The zero-order valence-corrected chi connectivity index (χ0v) is 12.7. The number of likely N-dealkylation sites (tertiary alicyclic amines) is 1. The Morgan fingerprint density at radius 3 is 2.70 bits per heavy atom. The van der Waals surface area contributed by atoms with Crippen LogP contribution in [-0.2, 0) is 5.41 Å². The van der Waals surface area contributed by atoms with E-state index in [1.54, 1.807) is 6.07 Å². The minimum absolute atomic E-state index is 0.0649. The normalized spacial score (nSPS) is 20.1. The number of carbonyl (C=O) groups excluding carboxylic acids is 1. The van der Waals surface area contributed by atoms with E-state index in [1.165, 1.54) is 0 Å². The monoisotopic (exact) mass is 276 g/mol. The lowest BCUT2D eigenvalue weighted by Crippen LogP contribution is -2.36. The van der Waals surface area contributed by atoms with Crippen LogP contribution < -0.4 is 11.1 Å². The van der Waals surface area contributed by atoms with Crippen molar-refractivity contribution in [3.8, 4) is 0 Å². The Balaban J connectivity index is 2.15. The van der Waals surface area contributed by atoms with E-state index in [0.29, 0.717) is 11.4 Å². The molecule has 1 aromatic rings. The fourth-order valence-electron chi connectivity index (χ4n) is 2.39. The number of hydrogen-bond acceptors (Lipinski definition) is 4. The van der Waals surface area contributed by atoms with Gasteiger partial charge in [0.05, 0.1) is 0 Å². The molecule has 1 fully saturated rings. The second-order valence-corrected chi connectivity index (χ2v) is 6.64. The van der Waals surface area contributed by atoms with Crippen molar-refractivity contribution < 1.29 is 4.79 Å². The Morgan fingerprint density at radius 2 is 2.15 bits per heavy atom. The third kappa shape index (κ3) is 3.48. The Bertz CT molecular complexity index is 507. The van der Waals surface area contributed by atoms with Gasteiger partial charge in [0.15, 0.2) is 0 Å². The quantitative estimate of drug-likeness (QED) is 0.856. The lowest BCUT2D eigenvalue weighted by Gasteiger charge is -2.19. The average molecular weight is 276 g/mol. The van der Waals surface area contributed by atoms with Crippen LogP contribution in [0, 0.1) is 0 Å². The van der Waals surface area contributed by atoms with Gasteiger partial charge in [-0.15, -0.1) is 0 Å². The van der Waals surface area contributed by atoms with Gasteiger partial charge in [-0.3, -0.25) is 4.79 Å². The molecule has 3 N–H and O–H groups in total. The smallest absolute Gasteiger partial charge is 0.251 e. The minimum Gasteiger partial charge on any atom is -0.384 e. The predicted octanol–water partition coefficient (Wildman–Crippen LogP) is 1.40. The maximum absolute atomic E-state index is 12.3. The van der Waals surface area contributed by atoms with Gasteiger partial charge in [0, 0.05) is 29.3 Å². The highest BCUT2D eigenvalue weighted by molar-refractivity contribution is 5.95. The van der Waals surface area contributed by atoms with Gasteiger partial charge in [-0.05, 0) is 32.1 Å². The zero-order chi connectivity index (χ0) is 14.9. The van der Waals surface area contributed by atoms with Crippen molar-refractivity contribution >= 4 is 11.7 Å². The van der Waals surface area contributed by atoms with Gasteiger partial charge in [-0.2, -0.15) is 0 Å². The van der Waals surface area contributed by atoms with E-state index in [1.807, 2.05) is 6.07 Å². The summed E-state index contributed by atoms with van der Waals surface area (Å²) in [5.41, 5.74) is 7.13. The summed E-state index contributed by atoms with van der Waals surface area (Å²) in [6.07, 6.45) is 0.995. The van der Waals surface area contributed by atoms with Crippen LogP contribution in [0.1, 0.15) is 43.2 Å². The molecule has 1 unspecified atom stereocenters. The predicted molar refractivity (Wildman–Crippen MR) is 80.7 cm³/mol. The summed E-state index contributed by atoms with van der Waals surface area (Å²) in [5, 5.41) is 3.07. The molecule has 2 rings (SSSR count). The van der Waals surface area contributed by atoms with Crippen LogP contribution in [0.25, 0.3) is 0 Å². The van der Waals surface area contributed by atoms with Gasteiger partial charge in [0.25, 0.3) is 5.91 Å². The fourth-order valence-corrected chi connectivity index (χ4v) is 2.39. The van der Waals surface area contributed by atoms with Gasteiger partial charge in [-0.1, -0.05) is 20.8 Å². The first-order valence-corrected chi connectivity index (χ1v) is 7.03. The standard InChI is InChI=1S/C15H24N4O/c1-15(2,3)12-7-10(8-13(16)18-12)14(20)17-11-5-6-19(4)9-11/h7-8,11H,5-6,9H2,1-4H3,(H2,16,18)(H,17,20). The number of rotatable bonds is 2. The van der Waals surface area contributed by atoms with E-state index in [0.717, 1.165) is 25.2 Å². The third-order valence-corrected chi connectivity index (χ3v) is 3.60. The molecule has 5 nitrogen and oxygen atoms in total. The molecule has 0 radical (unpaired) electrons. The molecule has 20 heavy (non-hydrogen) atoms. The lowest BCUT2D eigenvalue weighted by atomic mass is 9.90. The van der Waals surface area contributed by atoms with Gasteiger partial charge in [-0.25, -0.2) is 4.98 Å². The Morgan fingerprint density at radius 1 is 1.45 bits per heavy atom. The van der Waals surface area contributed by atoms with Crippen molar-refractivity contribution in [2.75, 3.05) is 25.9 Å². The molecule has 1 aromatic heterocycles. The summed E-state index contributed by atoms with van der Waals surface area (Å²) < 4.78 is 0. The third-order valence-electron chi connectivity index (χ3n) is 3.60. The maximum atomic E-state index is 12.3. The summed E-state index contributed by atoms with van der Waals surface area (Å²) in [7, 11) is 2.06. The summed E-state index contributed by atoms with van der Waals surface area (Å²) >= 11 is 0. The molecule has 0 spiro atoms. The fraction of sp³-hybridized carbons (Fsp3) is 0.600. The van der Waals surface area contributed by atoms with E-state index >= 15 is 0 Å². The zero-order valence-electron chi connectivity index (χ0n) is 12.7. The molecule has 0 bridgehead atoms. The van der Waals surface area contributed by atoms with Crippen LogP contribution in [0.4, 0.5) is 5.82 Å². The first-order valence-electron chi connectivity index (χ1n) is 7.03. The average Bonchev–Trinajstić information content (AvgIpc) is 2.72. The first kappa shape index (κ1) is 14.8. The number of carbonyl (C=O) groups is 1. The SMILES string of the molecule is CN1CCC(NC(=O)c2cc(N)nc(C(C)(C)C)c2)C1. The molecule has 1 aliphatic rings. The second kappa shape index (κ2) is 5.40. The number of hydrogen-bond donors (Lipinski definition) is 2. The minimum atomic E-state index is -0.127. The number of pyridine rings is 1. The molecule has 1 amide bonds. The molecule has 1 aliphatic heterocycles. The van der Waals surface area contributed by atoms with Crippen LogP contribution >= 0.6 is 0 Å². The highest BCUT2D eigenvalue weighted by Crippen LogP contribution is 2.22. The van der Waals surface area contributed by atoms with Crippen molar-refractivity contribution in [3.05, 3.63) is 23.4 Å². The second-order valence-electron chi connectivity index (χ2n) is 6.64. The first-order chi connectivity index (χ1) is 9.25. The topological polar surface area (TPSA) is 71.2 Å². The molecule has 110 valence electrons. The van der Waals surface area contributed by atoms with Crippen LogP contribution in [0.3, 0.4) is 0 Å². The van der Waals surface area contributed by atoms with Crippen molar-refractivity contribution in [2.45, 2.75) is 38.6 Å². The van der Waals surface area contributed by atoms with Crippen LogP contribution in [0.2, 0.25) is 0 Å². The molecule has 0 aliphatic carbocycles. The summed E-state index contributed by atoms with van der Waals surface area (Å²) in [4.78, 5) is 18.9. The molecule has 5 heteroatoms. The van der Waals surface area contributed by atoms with E-state index in [4.69, 9.17) is 5.73 Å². The largest absolute Gasteiger partial charge is 0.384 e. The summed E-state index contributed by atoms with van der Waals surface area (Å²) in [6, 6.07) is 3.70. The van der Waals surface area contributed by atoms with Gasteiger partial charge >= 0.3 is 0 Å². The van der Waals surface area contributed by atoms with Crippen molar-refractivity contribution in [2.24, 2.45) is 0 Å². The van der Waals surface area contributed by atoms with E-state index in [2.05, 4.69) is 43.0 Å². The van der Waals surface area contributed by atoms with Crippen molar-refractivity contribution in [3.63, 3.8) is 0 Å². The van der Waals surface area contributed by atoms with E-state index in [9.17, 15) is 4.79 Å². The Labute approximate surface area is 120 Å². The van der Waals surface area contributed by atoms with Crippen molar-refractivity contribution in [1.29, 1.82) is 0 Å². The number of nitrogens with one attached hydrogen (secondary N) is 1. The van der Waals surface area contributed by atoms with Gasteiger partial charge in [0.2, 0.25) is 0 Å². The molecule has 1 atom stereocenters. The highest BCUT2D eigenvalue weighted by Gasteiger charge is 2.23. The molecule has 0 aromatic carbocycles. The number of nitrogen functional groups attached to an aromatic ring is 1. The summed E-state index contributed by atoms with van der Waals surface area (Å²) in [6.45, 7) is 8.10. The van der Waals surface area contributed by atoms with Crippen LogP contribution in [-0.4, -0.2) is 42.0 Å². The number of likely N-dealkylation sites (N-methyl/N-ethyl adjacent to an activating group) is 1. The molecular weight excluding hydrogens is 252 g/mol. The molecule has 1 saturated heterocycles. The molecule has 0 saturated carbocycles. The number of nitrogens with zero attached hydrogens (tertiary/aromatic N) is 2. The highest BCUT2D eigenvalue weighted by atomic mass is 16.1. The van der Waals surface area contributed by atoms with Crippen LogP contribution in [0.5, 0.6) is 0 Å². The number of nitrogens with two attached hydrogens (primary N) is 1.